The van der Waals surface area contributed by atoms with Crippen LogP contribution >= 0.6 is 0 Å². The fourth-order valence-electron chi connectivity index (χ4n) is 4.42. The summed E-state index contributed by atoms with van der Waals surface area (Å²) in [5, 5.41) is 3.68. The molecule has 2 fully saturated rings. The number of nitrogens with one attached hydrogen (secondary N) is 1. The SMILES string of the molecule is CCNCC1(CN2CCCC2CN(C)C)CCCCCC1. The van der Waals surface area contributed by atoms with Gasteiger partial charge >= 0.3 is 0 Å². The molecule has 1 unspecified atom stereocenters. The van der Waals surface area contributed by atoms with Crippen molar-refractivity contribution in [1.82, 2.24) is 15.1 Å². The van der Waals surface area contributed by atoms with Crippen molar-refractivity contribution in [3.63, 3.8) is 0 Å². The van der Waals surface area contributed by atoms with Gasteiger partial charge in [0, 0.05) is 25.7 Å². The van der Waals surface area contributed by atoms with Gasteiger partial charge in [0.25, 0.3) is 0 Å². The van der Waals surface area contributed by atoms with Gasteiger partial charge in [-0.1, -0.05) is 32.6 Å². The summed E-state index contributed by atoms with van der Waals surface area (Å²) in [6.07, 6.45) is 11.5. The molecular weight excluding hydrogens is 258 g/mol. The lowest BCUT2D eigenvalue weighted by Crippen LogP contribution is -2.47. The van der Waals surface area contributed by atoms with Gasteiger partial charge in [-0.15, -0.1) is 0 Å². The Morgan fingerprint density at radius 3 is 2.43 bits per heavy atom. The Morgan fingerprint density at radius 1 is 1.10 bits per heavy atom. The summed E-state index contributed by atoms with van der Waals surface area (Å²) < 4.78 is 0. The van der Waals surface area contributed by atoms with E-state index in [0.717, 1.165) is 12.6 Å². The van der Waals surface area contributed by atoms with Crippen LogP contribution in [0.15, 0.2) is 0 Å². The molecule has 1 atom stereocenters. The number of hydrogen-bond acceptors (Lipinski definition) is 3. The van der Waals surface area contributed by atoms with E-state index in [1.807, 2.05) is 0 Å². The Kier molecular flexibility index (Phi) is 6.97. The van der Waals surface area contributed by atoms with Crippen LogP contribution in [0, 0.1) is 5.41 Å². The van der Waals surface area contributed by atoms with E-state index in [2.05, 4.69) is 36.1 Å². The van der Waals surface area contributed by atoms with Crippen LogP contribution in [0.2, 0.25) is 0 Å². The molecule has 21 heavy (non-hydrogen) atoms. The van der Waals surface area contributed by atoms with Crippen LogP contribution < -0.4 is 5.32 Å². The smallest absolute Gasteiger partial charge is 0.0223 e. The van der Waals surface area contributed by atoms with Crippen molar-refractivity contribution in [2.24, 2.45) is 5.41 Å². The molecule has 0 aromatic heterocycles. The molecule has 0 radical (unpaired) electrons. The Labute approximate surface area is 132 Å². The first-order chi connectivity index (χ1) is 10.2. The molecule has 1 N–H and O–H groups in total. The average Bonchev–Trinajstić information content (AvgIpc) is 2.73. The summed E-state index contributed by atoms with van der Waals surface area (Å²) in [4.78, 5) is 5.19. The Balaban J connectivity index is 1.99. The van der Waals surface area contributed by atoms with Crippen LogP contribution in [-0.4, -0.2) is 62.7 Å². The van der Waals surface area contributed by atoms with Crippen LogP contribution in [0.4, 0.5) is 0 Å². The van der Waals surface area contributed by atoms with Crippen LogP contribution in [0.5, 0.6) is 0 Å². The van der Waals surface area contributed by atoms with Crippen molar-refractivity contribution in [3.05, 3.63) is 0 Å². The Morgan fingerprint density at radius 2 is 1.81 bits per heavy atom. The predicted octanol–water partition coefficient (Wildman–Crippen LogP) is 2.96. The summed E-state index contributed by atoms with van der Waals surface area (Å²) in [5.74, 6) is 0. The van der Waals surface area contributed by atoms with Gasteiger partial charge in [0.05, 0.1) is 0 Å². The van der Waals surface area contributed by atoms with Crippen LogP contribution in [0.3, 0.4) is 0 Å². The van der Waals surface area contributed by atoms with Gasteiger partial charge < -0.3 is 10.2 Å². The standard InChI is InChI=1S/C18H37N3/c1-4-19-15-18(11-7-5-6-8-12-18)16-21-13-9-10-17(21)14-20(2)3/h17,19H,4-16H2,1-3H3. The maximum Gasteiger partial charge on any atom is 0.0223 e. The third-order valence-corrected chi connectivity index (χ3v) is 5.53. The van der Waals surface area contributed by atoms with E-state index in [1.165, 1.54) is 77.5 Å². The summed E-state index contributed by atoms with van der Waals surface area (Å²) in [5.41, 5.74) is 0.543. The largest absolute Gasteiger partial charge is 0.316 e. The summed E-state index contributed by atoms with van der Waals surface area (Å²) in [7, 11) is 4.44. The van der Waals surface area contributed by atoms with Gasteiger partial charge in [-0.05, 0) is 58.3 Å². The Hall–Kier alpha value is -0.120. The average molecular weight is 296 g/mol. The van der Waals surface area contributed by atoms with Gasteiger partial charge in [-0.3, -0.25) is 4.90 Å². The van der Waals surface area contributed by atoms with Crippen molar-refractivity contribution in [3.8, 4) is 0 Å². The number of nitrogens with zero attached hydrogens (tertiary/aromatic N) is 2. The fraction of sp³-hybridized carbons (Fsp3) is 1.00. The molecule has 1 aliphatic carbocycles. The second kappa shape index (κ2) is 8.50. The Bertz CT molecular complexity index is 282. The maximum absolute atomic E-state index is 3.68. The highest BCUT2D eigenvalue weighted by Crippen LogP contribution is 2.37. The second-order valence-corrected chi connectivity index (χ2v) is 7.72. The molecule has 2 aliphatic rings. The van der Waals surface area contributed by atoms with Crippen molar-refractivity contribution in [2.45, 2.75) is 64.3 Å². The van der Waals surface area contributed by atoms with Crippen LogP contribution in [0.1, 0.15) is 58.3 Å². The van der Waals surface area contributed by atoms with E-state index >= 15 is 0 Å². The normalized spacial score (nSPS) is 27.1. The minimum Gasteiger partial charge on any atom is -0.316 e. The number of rotatable bonds is 7. The number of hydrogen-bond donors (Lipinski definition) is 1. The first kappa shape index (κ1) is 17.2. The molecule has 3 heteroatoms. The van der Waals surface area contributed by atoms with Gasteiger partial charge in [0.2, 0.25) is 0 Å². The van der Waals surface area contributed by atoms with Crippen LogP contribution in [0.25, 0.3) is 0 Å². The fourth-order valence-corrected chi connectivity index (χ4v) is 4.42. The molecule has 1 heterocycles. The van der Waals surface area contributed by atoms with E-state index in [9.17, 15) is 0 Å². The zero-order chi connectivity index (χ0) is 15.1. The molecular formula is C18H37N3. The molecule has 1 aliphatic heterocycles. The molecule has 0 bridgehead atoms. The van der Waals surface area contributed by atoms with E-state index in [1.54, 1.807) is 0 Å². The van der Waals surface area contributed by atoms with Crippen molar-refractivity contribution < 1.29 is 0 Å². The molecule has 0 amide bonds. The zero-order valence-electron chi connectivity index (χ0n) is 14.7. The monoisotopic (exact) mass is 295 g/mol. The first-order valence-corrected chi connectivity index (χ1v) is 9.25. The maximum atomic E-state index is 3.68. The van der Waals surface area contributed by atoms with Gasteiger partial charge in [-0.25, -0.2) is 0 Å². The number of likely N-dealkylation sites (N-methyl/N-ethyl adjacent to an activating group) is 1. The van der Waals surface area contributed by atoms with Crippen molar-refractivity contribution in [1.29, 1.82) is 0 Å². The van der Waals surface area contributed by atoms with Crippen LogP contribution in [-0.2, 0) is 0 Å². The topological polar surface area (TPSA) is 18.5 Å². The lowest BCUT2D eigenvalue weighted by molar-refractivity contribution is 0.107. The molecule has 0 aromatic rings. The minimum atomic E-state index is 0.543. The summed E-state index contributed by atoms with van der Waals surface area (Å²) >= 11 is 0. The molecule has 3 nitrogen and oxygen atoms in total. The second-order valence-electron chi connectivity index (χ2n) is 7.72. The number of likely N-dealkylation sites (tertiary alicyclic amines) is 1. The third-order valence-electron chi connectivity index (χ3n) is 5.53. The van der Waals surface area contributed by atoms with Gasteiger partial charge in [0.1, 0.15) is 0 Å². The third kappa shape index (κ3) is 5.22. The van der Waals surface area contributed by atoms with Gasteiger partial charge in [-0.2, -0.15) is 0 Å². The molecule has 0 spiro atoms. The predicted molar refractivity (Wildman–Crippen MR) is 91.8 cm³/mol. The molecule has 124 valence electrons. The quantitative estimate of drug-likeness (QED) is 0.729. The summed E-state index contributed by atoms with van der Waals surface area (Å²) in [6, 6.07) is 0.793. The highest BCUT2D eigenvalue weighted by molar-refractivity contribution is 4.91. The van der Waals surface area contributed by atoms with E-state index < -0.39 is 0 Å². The zero-order valence-corrected chi connectivity index (χ0v) is 14.7. The highest BCUT2D eigenvalue weighted by Gasteiger charge is 2.36. The molecule has 0 aromatic carbocycles. The highest BCUT2D eigenvalue weighted by atomic mass is 15.2. The first-order valence-electron chi connectivity index (χ1n) is 9.25. The minimum absolute atomic E-state index is 0.543. The lowest BCUT2D eigenvalue weighted by Gasteiger charge is -2.39. The van der Waals surface area contributed by atoms with Crippen molar-refractivity contribution in [2.75, 3.05) is 46.8 Å². The molecule has 1 saturated carbocycles. The van der Waals surface area contributed by atoms with Crippen molar-refractivity contribution >= 4 is 0 Å². The molecule has 2 rings (SSSR count). The molecule has 1 saturated heterocycles. The lowest BCUT2D eigenvalue weighted by atomic mass is 9.79. The summed E-state index contributed by atoms with van der Waals surface area (Å²) in [6.45, 7) is 8.48. The van der Waals surface area contributed by atoms with E-state index in [-0.39, 0.29) is 0 Å². The van der Waals surface area contributed by atoms with E-state index in [4.69, 9.17) is 0 Å². The van der Waals surface area contributed by atoms with E-state index in [0.29, 0.717) is 5.41 Å². The van der Waals surface area contributed by atoms with Gasteiger partial charge in [0.15, 0.2) is 0 Å².